The van der Waals surface area contributed by atoms with E-state index in [0.29, 0.717) is 0 Å². The van der Waals surface area contributed by atoms with Crippen LogP contribution in [0, 0.1) is 36.5 Å². The van der Waals surface area contributed by atoms with Crippen LogP contribution in [-0.2, 0) is 6.42 Å². The normalized spacial score (nSPS) is 39.7. The van der Waals surface area contributed by atoms with E-state index in [1.54, 1.807) is 6.42 Å². The lowest BCUT2D eigenvalue weighted by Gasteiger charge is -2.54. The number of rotatable bonds is 2. The third kappa shape index (κ3) is 1.89. The molecule has 1 heteroatoms. The molecule has 1 aromatic carbocycles. The van der Waals surface area contributed by atoms with Gasteiger partial charge >= 0.3 is 0 Å². The number of anilines is 1. The molecule has 0 heterocycles. The second kappa shape index (κ2) is 4.26. The average molecular weight is 255 g/mol. The molecule has 0 aliphatic heterocycles. The molecule has 1 nitrogen and oxygen atoms in total. The zero-order valence-electron chi connectivity index (χ0n) is 11.9. The Hall–Kier alpha value is -0.980. The Kier molecular flexibility index (Phi) is 2.65. The minimum Gasteiger partial charge on any atom is -0.399 e. The highest BCUT2D eigenvalue weighted by molar-refractivity contribution is 5.50. The van der Waals surface area contributed by atoms with Crippen LogP contribution in [-0.4, -0.2) is 0 Å². The van der Waals surface area contributed by atoms with Gasteiger partial charge in [0, 0.05) is 5.69 Å². The van der Waals surface area contributed by atoms with Crippen molar-refractivity contribution < 1.29 is 0 Å². The smallest absolute Gasteiger partial charge is 0.0346 e. The molecule has 4 bridgehead atoms. The molecule has 0 radical (unpaired) electrons. The molecule has 0 saturated heterocycles. The number of hydrogen-bond acceptors (Lipinski definition) is 1. The third-order valence-electron chi connectivity index (χ3n) is 6.37. The lowest BCUT2D eigenvalue weighted by Crippen LogP contribution is -2.45. The Morgan fingerprint density at radius 1 is 1.00 bits per heavy atom. The summed E-state index contributed by atoms with van der Waals surface area (Å²) in [5.74, 6) is 5.17. The van der Waals surface area contributed by atoms with Crippen molar-refractivity contribution in [1.82, 2.24) is 0 Å². The number of nitrogen functional groups attached to an aromatic ring is 1. The van der Waals surface area contributed by atoms with Gasteiger partial charge in [-0.1, -0.05) is 12.1 Å². The first-order valence-corrected chi connectivity index (χ1v) is 8.04. The number of hydrogen-bond donors (Lipinski definition) is 1. The van der Waals surface area contributed by atoms with Crippen molar-refractivity contribution >= 4 is 5.69 Å². The first-order chi connectivity index (χ1) is 9.20. The summed E-state index contributed by atoms with van der Waals surface area (Å²) in [6, 6.07) is 6.47. The molecule has 0 unspecified atom stereocenters. The Morgan fingerprint density at radius 3 is 2.26 bits per heavy atom. The monoisotopic (exact) mass is 255 g/mol. The molecule has 5 rings (SSSR count). The minimum absolute atomic E-state index is 0.952. The lowest BCUT2D eigenvalue weighted by molar-refractivity contribution is -0.0360. The molecule has 0 atom stereocenters. The van der Waals surface area contributed by atoms with E-state index in [9.17, 15) is 0 Å². The molecule has 0 spiro atoms. The SMILES string of the molecule is Cc1c(N)cccc1CC1C2CC3CC(C2)CC1C3. The molecule has 2 N–H and O–H groups in total. The average Bonchev–Trinajstić information content (AvgIpc) is 2.38. The van der Waals surface area contributed by atoms with Gasteiger partial charge in [-0.05, 0) is 92.2 Å². The summed E-state index contributed by atoms with van der Waals surface area (Å²) in [5, 5.41) is 0. The number of benzene rings is 1. The van der Waals surface area contributed by atoms with E-state index in [1.165, 1.54) is 43.2 Å². The van der Waals surface area contributed by atoms with Crippen molar-refractivity contribution in [3.63, 3.8) is 0 Å². The van der Waals surface area contributed by atoms with Crippen LogP contribution in [0.1, 0.15) is 43.2 Å². The van der Waals surface area contributed by atoms with Gasteiger partial charge in [-0.25, -0.2) is 0 Å². The van der Waals surface area contributed by atoms with E-state index in [4.69, 9.17) is 5.73 Å². The highest BCUT2D eigenvalue weighted by Crippen LogP contribution is 2.57. The summed E-state index contributed by atoms with van der Waals surface area (Å²) in [5.41, 5.74) is 9.89. The van der Waals surface area contributed by atoms with Gasteiger partial charge in [0.1, 0.15) is 0 Å². The fourth-order valence-corrected chi connectivity index (χ4v) is 5.55. The number of nitrogens with two attached hydrogens (primary N) is 1. The molecule has 4 aliphatic carbocycles. The Balaban J connectivity index is 1.58. The van der Waals surface area contributed by atoms with Gasteiger partial charge in [0.2, 0.25) is 0 Å². The second-order valence-electron chi connectivity index (χ2n) is 7.43. The van der Waals surface area contributed by atoms with Crippen LogP contribution in [0.2, 0.25) is 0 Å². The summed E-state index contributed by atoms with van der Waals surface area (Å²) >= 11 is 0. The molecule has 102 valence electrons. The predicted octanol–water partition coefficient (Wildman–Crippen LogP) is 4.19. The van der Waals surface area contributed by atoms with Gasteiger partial charge < -0.3 is 5.73 Å². The summed E-state index contributed by atoms with van der Waals surface area (Å²) in [7, 11) is 0. The van der Waals surface area contributed by atoms with Crippen molar-refractivity contribution in [2.75, 3.05) is 5.73 Å². The summed E-state index contributed by atoms with van der Waals surface area (Å²) in [6.07, 6.45) is 8.94. The fourth-order valence-electron chi connectivity index (χ4n) is 5.55. The third-order valence-corrected chi connectivity index (χ3v) is 6.37. The largest absolute Gasteiger partial charge is 0.399 e. The van der Waals surface area contributed by atoms with E-state index >= 15 is 0 Å². The second-order valence-corrected chi connectivity index (χ2v) is 7.43. The summed E-state index contributed by atoms with van der Waals surface area (Å²) in [4.78, 5) is 0. The van der Waals surface area contributed by atoms with Crippen LogP contribution in [0.3, 0.4) is 0 Å². The Bertz CT molecular complexity index is 462. The standard InChI is InChI=1S/C18H25N/c1-11-14(3-2-4-18(11)19)10-17-15-6-12-5-13(8-15)9-16(17)7-12/h2-4,12-13,15-17H,5-10,19H2,1H3. The molecule has 4 fully saturated rings. The van der Waals surface area contributed by atoms with Crippen molar-refractivity contribution in [3.8, 4) is 0 Å². The van der Waals surface area contributed by atoms with E-state index in [-0.39, 0.29) is 0 Å². The highest BCUT2D eigenvalue weighted by atomic mass is 14.6. The molecule has 1 aromatic rings. The maximum atomic E-state index is 6.07. The minimum atomic E-state index is 0.952. The van der Waals surface area contributed by atoms with Crippen LogP contribution in [0.15, 0.2) is 18.2 Å². The molecular weight excluding hydrogens is 230 g/mol. The highest BCUT2D eigenvalue weighted by Gasteiger charge is 2.47. The maximum absolute atomic E-state index is 6.07. The van der Waals surface area contributed by atoms with Crippen LogP contribution in [0.4, 0.5) is 5.69 Å². The van der Waals surface area contributed by atoms with E-state index in [2.05, 4.69) is 19.1 Å². The molecular formula is C18H25N. The quantitative estimate of drug-likeness (QED) is 0.788. The topological polar surface area (TPSA) is 26.0 Å². The van der Waals surface area contributed by atoms with Gasteiger partial charge in [0.15, 0.2) is 0 Å². The Morgan fingerprint density at radius 2 is 1.63 bits per heavy atom. The van der Waals surface area contributed by atoms with E-state index in [1.807, 2.05) is 6.07 Å². The van der Waals surface area contributed by atoms with Crippen molar-refractivity contribution in [2.45, 2.75) is 45.4 Å². The fraction of sp³-hybridized carbons (Fsp3) is 0.667. The lowest BCUT2D eigenvalue weighted by atomic mass is 9.51. The zero-order valence-corrected chi connectivity index (χ0v) is 11.9. The van der Waals surface area contributed by atoms with Crippen LogP contribution < -0.4 is 5.73 Å². The molecule has 19 heavy (non-hydrogen) atoms. The van der Waals surface area contributed by atoms with E-state index < -0.39 is 0 Å². The van der Waals surface area contributed by atoms with Gasteiger partial charge in [-0.3, -0.25) is 0 Å². The van der Waals surface area contributed by atoms with Crippen LogP contribution in [0.5, 0.6) is 0 Å². The first-order valence-electron chi connectivity index (χ1n) is 8.04. The summed E-state index contributed by atoms with van der Waals surface area (Å²) < 4.78 is 0. The van der Waals surface area contributed by atoms with Crippen molar-refractivity contribution in [1.29, 1.82) is 0 Å². The predicted molar refractivity (Wildman–Crippen MR) is 79.8 cm³/mol. The first kappa shape index (κ1) is 11.8. The maximum Gasteiger partial charge on any atom is 0.0346 e. The molecule has 0 aromatic heterocycles. The van der Waals surface area contributed by atoms with Gasteiger partial charge in [-0.15, -0.1) is 0 Å². The Labute approximate surface area is 116 Å². The van der Waals surface area contributed by atoms with Crippen LogP contribution >= 0.6 is 0 Å². The molecule has 0 amide bonds. The van der Waals surface area contributed by atoms with Gasteiger partial charge in [0.25, 0.3) is 0 Å². The van der Waals surface area contributed by atoms with E-state index in [0.717, 1.165) is 35.3 Å². The zero-order chi connectivity index (χ0) is 13.0. The van der Waals surface area contributed by atoms with Crippen molar-refractivity contribution in [2.24, 2.45) is 29.6 Å². The molecule has 4 aliphatic rings. The molecule has 4 saturated carbocycles. The van der Waals surface area contributed by atoms with Gasteiger partial charge in [0.05, 0.1) is 0 Å². The van der Waals surface area contributed by atoms with Crippen LogP contribution in [0.25, 0.3) is 0 Å². The van der Waals surface area contributed by atoms with Crippen molar-refractivity contribution in [3.05, 3.63) is 29.3 Å². The summed E-state index contributed by atoms with van der Waals surface area (Å²) in [6.45, 7) is 2.20. The van der Waals surface area contributed by atoms with Gasteiger partial charge in [-0.2, -0.15) is 0 Å².